The van der Waals surface area contributed by atoms with E-state index >= 15 is 0 Å². The van der Waals surface area contributed by atoms with Crippen LogP contribution in [0.3, 0.4) is 0 Å². The maximum Gasteiger partial charge on any atom is 0.227 e. The van der Waals surface area contributed by atoms with Gasteiger partial charge in [0.2, 0.25) is 5.91 Å². The van der Waals surface area contributed by atoms with Crippen LogP contribution in [0.5, 0.6) is 11.5 Å². The molecule has 0 spiro atoms. The highest BCUT2D eigenvalue weighted by atomic mass is 16.5. The molecule has 5 nitrogen and oxygen atoms in total. The van der Waals surface area contributed by atoms with Crippen LogP contribution in [0.4, 0.5) is 0 Å². The van der Waals surface area contributed by atoms with Gasteiger partial charge < -0.3 is 14.8 Å². The van der Waals surface area contributed by atoms with Crippen molar-refractivity contribution in [2.45, 2.75) is 6.42 Å². The van der Waals surface area contributed by atoms with Gasteiger partial charge in [-0.2, -0.15) is 0 Å². The van der Waals surface area contributed by atoms with E-state index in [1.807, 2.05) is 36.4 Å². The molecular formula is C17H18N2O3. The Balaban J connectivity index is 1.43. The van der Waals surface area contributed by atoms with Crippen molar-refractivity contribution < 1.29 is 14.3 Å². The number of pyridine rings is 1. The Labute approximate surface area is 129 Å². The molecule has 1 aliphatic heterocycles. The molecule has 2 heterocycles. The van der Waals surface area contributed by atoms with E-state index in [2.05, 4.69) is 10.3 Å². The van der Waals surface area contributed by atoms with Gasteiger partial charge in [-0.15, -0.1) is 0 Å². The highest BCUT2D eigenvalue weighted by Gasteiger charge is 2.25. The van der Waals surface area contributed by atoms with Crippen LogP contribution in [0.2, 0.25) is 0 Å². The molecule has 0 fully saturated rings. The topological polar surface area (TPSA) is 60.5 Å². The number of carbonyl (C=O) groups is 1. The average Bonchev–Trinajstić information content (AvgIpc) is 2.59. The molecule has 114 valence electrons. The Kier molecular flexibility index (Phi) is 4.53. The van der Waals surface area contributed by atoms with Crippen LogP contribution in [0.25, 0.3) is 0 Å². The van der Waals surface area contributed by atoms with Crippen LogP contribution in [0.15, 0.2) is 48.8 Å². The SMILES string of the molecule is O=C(NCCOc1cccnc1)C1COc2ccccc2C1. The summed E-state index contributed by atoms with van der Waals surface area (Å²) in [5, 5.41) is 2.89. The molecule has 0 aliphatic carbocycles. The lowest BCUT2D eigenvalue weighted by Gasteiger charge is -2.24. The second kappa shape index (κ2) is 6.93. The molecule has 1 amide bonds. The molecule has 0 bridgehead atoms. The van der Waals surface area contributed by atoms with E-state index in [0.717, 1.165) is 11.3 Å². The predicted octanol–water partition coefficient (Wildman–Crippen LogP) is 1.83. The van der Waals surface area contributed by atoms with Crippen molar-refractivity contribution in [3.05, 3.63) is 54.4 Å². The fourth-order valence-corrected chi connectivity index (χ4v) is 2.42. The zero-order valence-corrected chi connectivity index (χ0v) is 12.2. The Hall–Kier alpha value is -2.56. The number of ether oxygens (including phenoxy) is 2. The molecule has 1 atom stereocenters. The van der Waals surface area contributed by atoms with Crippen LogP contribution in [-0.4, -0.2) is 30.6 Å². The average molecular weight is 298 g/mol. The summed E-state index contributed by atoms with van der Waals surface area (Å²) in [7, 11) is 0. The lowest BCUT2D eigenvalue weighted by molar-refractivity contribution is -0.126. The molecule has 3 rings (SSSR count). The fourth-order valence-electron chi connectivity index (χ4n) is 2.42. The number of hydrogen-bond acceptors (Lipinski definition) is 4. The molecule has 1 N–H and O–H groups in total. The first-order chi connectivity index (χ1) is 10.8. The number of nitrogens with one attached hydrogen (secondary N) is 1. The summed E-state index contributed by atoms with van der Waals surface area (Å²) in [5.41, 5.74) is 1.08. The summed E-state index contributed by atoms with van der Waals surface area (Å²) in [5.74, 6) is 1.44. The quantitative estimate of drug-likeness (QED) is 0.856. The summed E-state index contributed by atoms with van der Waals surface area (Å²) in [6.07, 6.45) is 4.05. The van der Waals surface area contributed by atoms with Crippen molar-refractivity contribution in [2.75, 3.05) is 19.8 Å². The number of nitrogens with zero attached hydrogens (tertiary/aromatic N) is 1. The second-order valence-electron chi connectivity index (χ2n) is 5.15. The molecular weight excluding hydrogens is 280 g/mol. The van der Waals surface area contributed by atoms with Gasteiger partial charge in [-0.05, 0) is 30.2 Å². The van der Waals surface area contributed by atoms with Crippen molar-refractivity contribution in [1.29, 1.82) is 0 Å². The van der Waals surface area contributed by atoms with Crippen LogP contribution < -0.4 is 14.8 Å². The monoisotopic (exact) mass is 298 g/mol. The number of fused-ring (bicyclic) bond motifs is 1. The van der Waals surface area contributed by atoms with Crippen molar-refractivity contribution in [3.63, 3.8) is 0 Å². The van der Waals surface area contributed by atoms with Gasteiger partial charge in [-0.25, -0.2) is 0 Å². The predicted molar refractivity (Wildman–Crippen MR) is 81.9 cm³/mol. The molecule has 0 saturated carbocycles. The van der Waals surface area contributed by atoms with Crippen LogP contribution >= 0.6 is 0 Å². The molecule has 2 aromatic rings. The summed E-state index contributed by atoms with van der Waals surface area (Å²) in [6.45, 7) is 1.31. The highest BCUT2D eigenvalue weighted by molar-refractivity contribution is 5.79. The standard InChI is InChI=1S/C17H18N2O3/c20-17(19-8-9-21-15-5-3-7-18-11-15)14-10-13-4-1-2-6-16(13)22-12-14/h1-7,11,14H,8-10,12H2,(H,19,20). The highest BCUT2D eigenvalue weighted by Crippen LogP contribution is 2.26. The summed E-state index contributed by atoms with van der Waals surface area (Å²) in [6, 6.07) is 11.5. The first-order valence-electron chi connectivity index (χ1n) is 7.34. The minimum absolute atomic E-state index is 0.00397. The number of para-hydroxylation sites is 1. The molecule has 0 radical (unpaired) electrons. The lowest BCUT2D eigenvalue weighted by Crippen LogP contribution is -2.39. The second-order valence-corrected chi connectivity index (χ2v) is 5.15. The molecule has 0 saturated heterocycles. The van der Waals surface area contributed by atoms with Gasteiger partial charge in [0.15, 0.2) is 0 Å². The normalized spacial score (nSPS) is 16.3. The van der Waals surface area contributed by atoms with Gasteiger partial charge in [-0.3, -0.25) is 9.78 Å². The minimum atomic E-state index is -0.145. The van der Waals surface area contributed by atoms with Crippen molar-refractivity contribution in [2.24, 2.45) is 5.92 Å². The lowest BCUT2D eigenvalue weighted by atomic mass is 9.96. The number of aromatic nitrogens is 1. The van der Waals surface area contributed by atoms with Gasteiger partial charge in [0.25, 0.3) is 0 Å². The number of benzene rings is 1. The maximum atomic E-state index is 12.2. The summed E-state index contributed by atoms with van der Waals surface area (Å²) < 4.78 is 11.1. The molecule has 1 aliphatic rings. The zero-order chi connectivity index (χ0) is 15.2. The van der Waals surface area contributed by atoms with Gasteiger partial charge in [0.05, 0.1) is 18.7 Å². The third-order valence-corrected chi connectivity index (χ3v) is 3.55. The molecule has 1 aromatic carbocycles. The molecule has 1 unspecified atom stereocenters. The van der Waals surface area contributed by atoms with E-state index in [1.54, 1.807) is 12.4 Å². The molecule has 1 aromatic heterocycles. The van der Waals surface area contributed by atoms with E-state index in [9.17, 15) is 4.79 Å². The van der Waals surface area contributed by atoms with E-state index in [0.29, 0.717) is 31.9 Å². The fraction of sp³-hybridized carbons (Fsp3) is 0.294. The maximum absolute atomic E-state index is 12.2. The van der Waals surface area contributed by atoms with Crippen molar-refractivity contribution >= 4 is 5.91 Å². The Morgan fingerprint density at radius 1 is 1.32 bits per heavy atom. The number of hydrogen-bond donors (Lipinski definition) is 1. The number of carbonyl (C=O) groups excluding carboxylic acids is 1. The third kappa shape index (κ3) is 3.55. The first kappa shape index (κ1) is 14.4. The Morgan fingerprint density at radius 2 is 2.23 bits per heavy atom. The van der Waals surface area contributed by atoms with Gasteiger partial charge >= 0.3 is 0 Å². The smallest absolute Gasteiger partial charge is 0.227 e. The third-order valence-electron chi connectivity index (χ3n) is 3.55. The summed E-state index contributed by atoms with van der Waals surface area (Å²) in [4.78, 5) is 16.1. The number of amides is 1. The largest absolute Gasteiger partial charge is 0.492 e. The van der Waals surface area contributed by atoms with E-state index < -0.39 is 0 Å². The van der Waals surface area contributed by atoms with Crippen LogP contribution in [0.1, 0.15) is 5.56 Å². The van der Waals surface area contributed by atoms with Gasteiger partial charge in [0, 0.05) is 6.20 Å². The van der Waals surface area contributed by atoms with Gasteiger partial charge in [0.1, 0.15) is 24.7 Å². The van der Waals surface area contributed by atoms with Crippen LogP contribution in [-0.2, 0) is 11.2 Å². The van der Waals surface area contributed by atoms with E-state index in [-0.39, 0.29) is 11.8 Å². The first-order valence-corrected chi connectivity index (χ1v) is 7.34. The molecule has 22 heavy (non-hydrogen) atoms. The molecule has 5 heteroatoms. The zero-order valence-electron chi connectivity index (χ0n) is 12.2. The van der Waals surface area contributed by atoms with E-state index in [4.69, 9.17) is 9.47 Å². The van der Waals surface area contributed by atoms with E-state index in [1.165, 1.54) is 0 Å². The Morgan fingerprint density at radius 3 is 3.09 bits per heavy atom. The van der Waals surface area contributed by atoms with Crippen molar-refractivity contribution in [3.8, 4) is 11.5 Å². The number of rotatable bonds is 5. The van der Waals surface area contributed by atoms with Crippen molar-refractivity contribution in [1.82, 2.24) is 10.3 Å². The Bertz CT molecular complexity index is 631. The van der Waals surface area contributed by atoms with Crippen LogP contribution in [0, 0.1) is 5.92 Å². The van der Waals surface area contributed by atoms with Gasteiger partial charge in [-0.1, -0.05) is 18.2 Å². The summed E-state index contributed by atoms with van der Waals surface area (Å²) >= 11 is 0. The minimum Gasteiger partial charge on any atom is -0.492 e.